The van der Waals surface area contributed by atoms with Gasteiger partial charge in [-0.2, -0.15) is 4.72 Å². The van der Waals surface area contributed by atoms with E-state index in [1.165, 1.54) is 0 Å². The number of hydrogen-bond donors (Lipinski definition) is 2. The highest BCUT2D eigenvalue weighted by atomic mass is 32.2. The van der Waals surface area contributed by atoms with Gasteiger partial charge < -0.3 is 5.32 Å². The molecule has 1 aromatic rings. The van der Waals surface area contributed by atoms with Gasteiger partial charge in [0.1, 0.15) is 6.04 Å². The van der Waals surface area contributed by atoms with Crippen molar-refractivity contribution in [2.24, 2.45) is 11.3 Å². The van der Waals surface area contributed by atoms with E-state index in [1.54, 1.807) is 24.3 Å². The number of sulfonamides is 1. The zero-order chi connectivity index (χ0) is 18.5. The quantitative estimate of drug-likeness (QED) is 0.790. The summed E-state index contributed by atoms with van der Waals surface area (Å²) in [5, 5.41) is 2.85. The minimum atomic E-state index is -3.73. The molecule has 0 aromatic heterocycles. The molecular formula is C18H30N2O3S. The maximum Gasteiger partial charge on any atom is 0.241 e. The molecule has 136 valence electrons. The molecule has 1 amide bonds. The fourth-order valence-corrected chi connectivity index (χ4v) is 3.34. The molecule has 0 aliphatic heterocycles. The molecule has 0 saturated heterocycles. The molecule has 1 atom stereocenters. The van der Waals surface area contributed by atoms with Gasteiger partial charge in [-0.05, 0) is 36.8 Å². The maximum absolute atomic E-state index is 12.5. The van der Waals surface area contributed by atoms with Crippen molar-refractivity contribution >= 4 is 15.9 Å². The Balaban J connectivity index is 2.92. The first-order chi connectivity index (χ1) is 10.9. The summed E-state index contributed by atoms with van der Waals surface area (Å²) in [6.45, 7) is 12.4. The van der Waals surface area contributed by atoms with E-state index in [9.17, 15) is 13.2 Å². The molecule has 1 unspecified atom stereocenters. The number of rotatable bonds is 7. The lowest BCUT2D eigenvalue weighted by Gasteiger charge is -2.24. The lowest BCUT2D eigenvalue weighted by molar-refractivity contribution is -0.123. The molecule has 0 saturated carbocycles. The standard InChI is InChI=1S/C18H30N2O3S/c1-13(2)11-16(17(21)19-12-18(4,5)6)20-24(22,23)15-9-7-14(3)8-10-15/h7-10,13,16,20H,11-12H2,1-6H3,(H,19,21). The molecule has 0 bridgehead atoms. The number of nitrogens with one attached hydrogen (secondary N) is 2. The fraction of sp³-hybridized carbons (Fsp3) is 0.611. The van der Waals surface area contributed by atoms with Crippen LogP contribution in [0.2, 0.25) is 0 Å². The summed E-state index contributed by atoms with van der Waals surface area (Å²) >= 11 is 0. The lowest BCUT2D eigenvalue weighted by atomic mass is 9.96. The first-order valence-electron chi connectivity index (χ1n) is 8.27. The second-order valence-corrected chi connectivity index (χ2v) is 9.61. The van der Waals surface area contributed by atoms with Crippen LogP contribution in [0.4, 0.5) is 0 Å². The van der Waals surface area contributed by atoms with E-state index in [4.69, 9.17) is 0 Å². The van der Waals surface area contributed by atoms with E-state index >= 15 is 0 Å². The summed E-state index contributed by atoms with van der Waals surface area (Å²) in [6, 6.07) is 5.81. The van der Waals surface area contributed by atoms with Crippen molar-refractivity contribution in [1.82, 2.24) is 10.0 Å². The van der Waals surface area contributed by atoms with Gasteiger partial charge in [0.15, 0.2) is 0 Å². The van der Waals surface area contributed by atoms with Crippen LogP contribution in [-0.4, -0.2) is 26.9 Å². The van der Waals surface area contributed by atoms with Gasteiger partial charge >= 0.3 is 0 Å². The molecular weight excluding hydrogens is 324 g/mol. The van der Waals surface area contributed by atoms with Crippen molar-refractivity contribution in [3.63, 3.8) is 0 Å². The smallest absolute Gasteiger partial charge is 0.241 e. The van der Waals surface area contributed by atoms with Gasteiger partial charge in [-0.15, -0.1) is 0 Å². The topological polar surface area (TPSA) is 75.3 Å². The zero-order valence-electron chi connectivity index (χ0n) is 15.5. The molecule has 5 nitrogen and oxygen atoms in total. The molecule has 0 aliphatic carbocycles. The molecule has 1 rings (SSSR count). The van der Waals surface area contributed by atoms with Crippen LogP contribution in [0.1, 0.15) is 46.6 Å². The highest BCUT2D eigenvalue weighted by molar-refractivity contribution is 7.89. The van der Waals surface area contributed by atoms with E-state index in [-0.39, 0.29) is 22.1 Å². The maximum atomic E-state index is 12.5. The molecule has 24 heavy (non-hydrogen) atoms. The molecule has 0 aliphatic rings. The van der Waals surface area contributed by atoms with Crippen LogP contribution in [0, 0.1) is 18.3 Å². The monoisotopic (exact) mass is 354 g/mol. The Morgan fingerprint density at radius 3 is 2.12 bits per heavy atom. The second-order valence-electron chi connectivity index (χ2n) is 7.89. The second kappa shape index (κ2) is 8.12. The molecule has 0 spiro atoms. The zero-order valence-corrected chi connectivity index (χ0v) is 16.3. The number of amides is 1. The average Bonchev–Trinajstić information content (AvgIpc) is 2.43. The average molecular weight is 355 g/mol. The molecule has 6 heteroatoms. The van der Waals surface area contributed by atoms with Gasteiger partial charge in [0, 0.05) is 6.54 Å². The first kappa shape index (κ1) is 20.6. The molecule has 0 fully saturated rings. The summed E-state index contributed by atoms with van der Waals surface area (Å²) in [7, 11) is -3.73. The minimum Gasteiger partial charge on any atom is -0.354 e. The molecule has 2 N–H and O–H groups in total. The third-order valence-corrected chi connectivity index (χ3v) is 4.93. The van der Waals surface area contributed by atoms with Crippen molar-refractivity contribution in [2.45, 2.75) is 58.9 Å². The van der Waals surface area contributed by atoms with E-state index in [0.717, 1.165) is 5.56 Å². The van der Waals surface area contributed by atoms with Crippen LogP contribution in [0.3, 0.4) is 0 Å². The SMILES string of the molecule is Cc1ccc(S(=O)(=O)NC(CC(C)C)C(=O)NCC(C)(C)C)cc1. The highest BCUT2D eigenvalue weighted by Crippen LogP contribution is 2.14. The van der Waals surface area contributed by atoms with Crippen LogP contribution in [0.5, 0.6) is 0 Å². The minimum absolute atomic E-state index is 0.0616. The van der Waals surface area contributed by atoms with E-state index in [2.05, 4.69) is 10.0 Å². The van der Waals surface area contributed by atoms with Gasteiger partial charge in [0.2, 0.25) is 15.9 Å². The normalized spacial score (nSPS) is 13.8. The van der Waals surface area contributed by atoms with Crippen molar-refractivity contribution in [3.05, 3.63) is 29.8 Å². The predicted molar refractivity (Wildman–Crippen MR) is 97.2 cm³/mol. The highest BCUT2D eigenvalue weighted by Gasteiger charge is 2.27. The van der Waals surface area contributed by atoms with Crippen molar-refractivity contribution in [3.8, 4) is 0 Å². The van der Waals surface area contributed by atoms with Crippen molar-refractivity contribution in [2.75, 3.05) is 6.54 Å². The van der Waals surface area contributed by atoms with E-state index in [1.807, 2.05) is 41.5 Å². The van der Waals surface area contributed by atoms with Crippen molar-refractivity contribution in [1.29, 1.82) is 0 Å². The van der Waals surface area contributed by atoms with Gasteiger partial charge in [0.05, 0.1) is 4.90 Å². The van der Waals surface area contributed by atoms with Crippen LogP contribution in [0.25, 0.3) is 0 Å². The first-order valence-corrected chi connectivity index (χ1v) is 9.76. The number of aryl methyl sites for hydroxylation is 1. The third-order valence-electron chi connectivity index (χ3n) is 3.45. The number of carbonyl (C=O) groups excluding carboxylic acids is 1. The van der Waals surface area contributed by atoms with Gasteiger partial charge in [0.25, 0.3) is 0 Å². The Labute approximate surface area is 146 Å². The lowest BCUT2D eigenvalue weighted by Crippen LogP contribution is -2.48. The predicted octanol–water partition coefficient (Wildman–Crippen LogP) is 2.85. The number of hydrogen-bond acceptors (Lipinski definition) is 3. The molecule has 1 aromatic carbocycles. The summed E-state index contributed by atoms with van der Waals surface area (Å²) in [5.41, 5.74) is 0.920. The summed E-state index contributed by atoms with van der Waals surface area (Å²) < 4.78 is 27.7. The summed E-state index contributed by atoms with van der Waals surface area (Å²) in [5.74, 6) is -0.0922. The third kappa shape index (κ3) is 7.01. The van der Waals surface area contributed by atoms with E-state index in [0.29, 0.717) is 13.0 Å². The van der Waals surface area contributed by atoms with Crippen LogP contribution >= 0.6 is 0 Å². The van der Waals surface area contributed by atoms with Gasteiger partial charge in [-0.25, -0.2) is 8.42 Å². The Morgan fingerprint density at radius 2 is 1.67 bits per heavy atom. The van der Waals surface area contributed by atoms with Gasteiger partial charge in [-0.1, -0.05) is 52.3 Å². The van der Waals surface area contributed by atoms with Crippen molar-refractivity contribution < 1.29 is 13.2 Å². The Kier molecular flexibility index (Phi) is 6.98. The van der Waals surface area contributed by atoms with E-state index < -0.39 is 16.1 Å². The molecule has 0 radical (unpaired) electrons. The van der Waals surface area contributed by atoms with Crippen LogP contribution < -0.4 is 10.0 Å². The summed E-state index contributed by atoms with van der Waals surface area (Å²) in [6.07, 6.45) is 0.446. The molecule has 0 heterocycles. The Bertz CT molecular complexity index is 644. The van der Waals surface area contributed by atoms with Crippen LogP contribution in [-0.2, 0) is 14.8 Å². The van der Waals surface area contributed by atoms with Crippen LogP contribution in [0.15, 0.2) is 29.2 Å². The largest absolute Gasteiger partial charge is 0.354 e. The fourth-order valence-electron chi connectivity index (χ4n) is 2.13. The Morgan fingerprint density at radius 1 is 1.12 bits per heavy atom. The summed E-state index contributed by atoms with van der Waals surface area (Å²) in [4.78, 5) is 12.6. The Hall–Kier alpha value is -1.40. The number of benzene rings is 1. The van der Waals surface area contributed by atoms with Gasteiger partial charge in [-0.3, -0.25) is 4.79 Å². The number of carbonyl (C=O) groups is 1.